The van der Waals surface area contributed by atoms with E-state index in [1.54, 1.807) is 11.3 Å². The number of aryl methyl sites for hydroxylation is 2. The summed E-state index contributed by atoms with van der Waals surface area (Å²) in [6.07, 6.45) is -0.517. The molecule has 2 aromatic rings. The molecule has 0 fully saturated rings. The Morgan fingerprint density at radius 1 is 1.19 bits per heavy atom. The minimum Gasteiger partial charge on any atom is -0.383 e. The molecule has 0 saturated heterocycles. The van der Waals surface area contributed by atoms with Crippen LogP contribution in [0.1, 0.15) is 27.7 Å². The summed E-state index contributed by atoms with van der Waals surface area (Å²) in [6, 6.07) is 10.1. The molecule has 0 aliphatic carbocycles. The van der Waals surface area contributed by atoms with Crippen molar-refractivity contribution in [2.75, 3.05) is 0 Å². The van der Waals surface area contributed by atoms with Gasteiger partial charge < -0.3 is 5.11 Å². The first kappa shape index (κ1) is 11.8. The maximum atomic E-state index is 10.3. The van der Waals surface area contributed by atoms with Crippen LogP contribution >= 0.6 is 27.3 Å². The number of thiophene rings is 1. The Hall–Kier alpha value is -0.640. The number of hydrogen-bond donors (Lipinski definition) is 1. The van der Waals surface area contributed by atoms with Crippen molar-refractivity contribution in [1.82, 2.24) is 0 Å². The predicted octanol–water partition coefficient (Wildman–Crippen LogP) is 4.21. The van der Waals surface area contributed by atoms with Crippen molar-refractivity contribution in [3.8, 4) is 0 Å². The van der Waals surface area contributed by atoms with Crippen LogP contribution in [-0.4, -0.2) is 5.11 Å². The first-order chi connectivity index (χ1) is 7.58. The average Bonchev–Trinajstić information content (AvgIpc) is 2.67. The van der Waals surface area contributed by atoms with E-state index in [1.807, 2.05) is 32.0 Å². The van der Waals surface area contributed by atoms with Gasteiger partial charge in [-0.3, -0.25) is 0 Å². The minimum atomic E-state index is -0.517. The highest BCUT2D eigenvalue weighted by Crippen LogP contribution is 2.32. The van der Waals surface area contributed by atoms with E-state index in [0.29, 0.717) is 0 Å². The molecule has 0 aliphatic rings. The van der Waals surface area contributed by atoms with Gasteiger partial charge in [-0.15, -0.1) is 11.3 Å². The number of rotatable bonds is 2. The Balaban J connectivity index is 2.40. The van der Waals surface area contributed by atoms with E-state index in [1.165, 1.54) is 5.56 Å². The van der Waals surface area contributed by atoms with Crippen LogP contribution in [0.25, 0.3) is 0 Å². The van der Waals surface area contributed by atoms with Crippen LogP contribution in [-0.2, 0) is 0 Å². The van der Waals surface area contributed by atoms with Crippen LogP contribution in [0.3, 0.4) is 0 Å². The van der Waals surface area contributed by atoms with Crippen molar-refractivity contribution in [2.45, 2.75) is 20.0 Å². The third-order valence-electron chi connectivity index (χ3n) is 2.59. The third kappa shape index (κ3) is 2.37. The molecule has 1 N–H and O–H groups in total. The zero-order valence-corrected chi connectivity index (χ0v) is 11.6. The van der Waals surface area contributed by atoms with Gasteiger partial charge in [0.05, 0.1) is 3.79 Å². The molecule has 0 aliphatic heterocycles. The topological polar surface area (TPSA) is 20.2 Å². The summed E-state index contributed by atoms with van der Waals surface area (Å²) >= 11 is 4.99. The number of halogens is 1. The van der Waals surface area contributed by atoms with Gasteiger partial charge in [0.2, 0.25) is 0 Å². The summed E-state index contributed by atoms with van der Waals surface area (Å²) in [7, 11) is 0. The van der Waals surface area contributed by atoms with E-state index in [2.05, 4.69) is 28.1 Å². The maximum absolute atomic E-state index is 10.3. The fraction of sp³-hybridized carbons (Fsp3) is 0.231. The van der Waals surface area contributed by atoms with Crippen molar-refractivity contribution in [3.05, 3.63) is 55.7 Å². The fourth-order valence-electron chi connectivity index (χ4n) is 1.68. The summed E-state index contributed by atoms with van der Waals surface area (Å²) in [5, 5.41) is 10.3. The Morgan fingerprint density at radius 3 is 2.56 bits per heavy atom. The summed E-state index contributed by atoms with van der Waals surface area (Å²) in [4.78, 5) is 0.973. The first-order valence-electron chi connectivity index (χ1n) is 5.08. The molecule has 0 saturated carbocycles. The number of hydrogen-bond acceptors (Lipinski definition) is 2. The molecule has 2 rings (SSSR count). The van der Waals surface area contributed by atoms with Crippen LogP contribution in [0.5, 0.6) is 0 Å². The zero-order valence-electron chi connectivity index (χ0n) is 9.20. The van der Waals surface area contributed by atoms with Gasteiger partial charge in [0.25, 0.3) is 0 Å². The van der Waals surface area contributed by atoms with Crippen LogP contribution in [0.15, 0.2) is 34.1 Å². The van der Waals surface area contributed by atoms with Crippen LogP contribution < -0.4 is 0 Å². The second kappa shape index (κ2) is 4.70. The Bertz CT molecular complexity index is 504. The molecule has 84 valence electrons. The molecule has 0 amide bonds. The molecule has 0 bridgehead atoms. The van der Waals surface area contributed by atoms with Crippen molar-refractivity contribution < 1.29 is 5.11 Å². The average molecular weight is 297 g/mol. The van der Waals surface area contributed by atoms with Gasteiger partial charge in [-0.2, -0.15) is 0 Å². The van der Waals surface area contributed by atoms with E-state index in [0.717, 1.165) is 19.8 Å². The van der Waals surface area contributed by atoms with Crippen molar-refractivity contribution in [1.29, 1.82) is 0 Å². The van der Waals surface area contributed by atoms with E-state index in [9.17, 15) is 5.11 Å². The molecule has 0 radical (unpaired) electrons. The highest BCUT2D eigenvalue weighted by molar-refractivity contribution is 9.11. The summed E-state index contributed by atoms with van der Waals surface area (Å²) in [6.45, 7) is 4.07. The summed E-state index contributed by atoms with van der Waals surface area (Å²) in [5.74, 6) is 0. The molecule has 0 spiro atoms. The van der Waals surface area contributed by atoms with Gasteiger partial charge in [-0.05, 0) is 53.0 Å². The highest BCUT2D eigenvalue weighted by Gasteiger charge is 2.14. The van der Waals surface area contributed by atoms with Crippen LogP contribution in [0.4, 0.5) is 0 Å². The van der Waals surface area contributed by atoms with E-state index in [4.69, 9.17) is 0 Å². The molecular formula is C13H13BrOS. The fourth-order valence-corrected chi connectivity index (χ4v) is 3.11. The van der Waals surface area contributed by atoms with Gasteiger partial charge in [-0.25, -0.2) is 0 Å². The van der Waals surface area contributed by atoms with Crippen LogP contribution in [0, 0.1) is 13.8 Å². The Morgan fingerprint density at radius 2 is 1.94 bits per heavy atom. The van der Waals surface area contributed by atoms with Gasteiger partial charge in [0, 0.05) is 4.88 Å². The quantitative estimate of drug-likeness (QED) is 0.880. The molecule has 1 atom stereocenters. The first-order valence-corrected chi connectivity index (χ1v) is 6.69. The summed E-state index contributed by atoms with van der Waals surface area (Å²) in [5.41, 5.74) is 3.30. The molecule has 16 heavy (non-hydrogen) atoms. The lowest BCUT2D eigenvalue weighted by molar-refractivity contribution is 0.223. The smallest absolute Gasteiger partial charge is 0.113 e. The van der Waals surface area contributed by atoms with E-state index < -0.39 is 6.10 Å². The standard InChI is InChI=1S/C13H13BrOS/c1-8-3-4-9(2)10(7-8)13(15)11-5-6-12(14)16-11/h3-7,13,15H,1-2H3. The molecule has 1 aromatic carbocycles. The number of aliphatic hydroxyl groups excluding tert-OH is 1. The summed E-state index contributed by atoms with van der Waals surface area (Å²) < 4.78 is 1.05. The molecule has 1 heterocycles. The number of aliphatic hydroxyl groups is 1. The van der Waals surface area contributed by atoms with E-state index >= 15 is 0 Å². The molecule has 3 heteroatoms. The normalized spacial score (nSPS) is 12.8. The zero-order chi connectivity index (χ0) is 11.7. The third-order valence-corrected chi connectivity index (χ3v) is 4.27. The monoisotopic (exact) mass is 296 g/mol. The van der Waals surface area contributed by atoms with Crippen molar-refractivity contribution >= 4 is 27.3 Å². The van der Waals surface area contributed by atoms with Crippen molar-refractivity contribution in [3.63, 3.8) is 0 Å². The molecule has 1 aromatic heterocycles. The van der Waals surface area contributed by atoms with Gasteiger partial charge in [-0.1, -0.05) is 23.8 Å². The Labute approximate surface area is 108 Å². The van der Waals surface area contributed by atoms with Gasteiger partial charge in [0.15, 0.2) is 0 Å². The lowest BCUT2D eigenvalue weighted by Gasteiger charge is -2.12. The van der Waals surface area contributed by atoms with E-state index in [-0.39, 0.29) is 0 Å². The second-order valence-electron chi connectivity index (χ2n) is 3.90. The maximum Gasteiger partial charge on any atom is 0.113 e. The predicted molar refractivity (Wildman–Crippen MR) is 72.0 cm³/mol. The van der Waals surface area contributed by atoms with Crippen molar-refractivity contribution in [2.24, 2.45) is 0 Å². The molecule has 1 nitrogen and oxygen atoms in total. The SMILES string of the molecule is Cc1ccc(C)c(C(O)c2ccc(Br)s2)c1. The Kier molecular flexibility index (Phi) is 3.47. The second-order valence-corrected chi connectivity index (χ2v) is 6.40. The lowest BCUT2D eigenvalue weighted by atomic mass is 10.00. The minimum absolute atomic E-state index is 0.517. The lowest BCUT2D eigenvalue weighted by Crippen LogP contribution is -2.00. The van der Waals surface area contributed by atoms with Gasteiger partial charge >= 0.3 is 0 Å². The van der Waals surface area contributed by atoms with Gasteiger partial charge in [0.1, 0.15) is 6.10 Å². The molecule has 1 unspecified atom stereocenters. The number of benzene rings is 1. The molecular weight excluding hydrogens is 284 g/mol. The van der Waals surface area contributed by atoms with Crippen LogP contribution in [0.2, 0.25) is 0 Å². The highest BCUT2D eigenvalue weighted by atomic mass is 79.9. The largest absolute Gasteiger partial charge is 0.383 e.